The van der Waals surface area contributed by atoms with Crippen LogP contribution in [0.5, 0.6) is 0 Å². The number of esters is 1. The predicted molar refractivity (Wildman–Crippen MR) is 77.5 cm³/mol. The number of carbonyl (C=O) groups excluding carboxylic acids is 1. The average Bonchev–Trinajstić information content (AvgIpc) is 2.83. The molecule has 0 amide bonds. The molecule has 2 aromatic rings. The van der Waals surface area contributed by atoms with Crippen molar-refractivity contribution in [3.05, 3.63) is 54.1 Å². The van der Waals surface area contributed by atoms with Crippen LogP contribution in [-0.4, -0.2) is 21.3 Å². The first-order valence-electron chi connectivity index (χ1n) is 6.69. The second-order valence-electron chi connectivity index (χ2n) is 5.33. The van der Waals surface area contributed by atoms with Gasteiger partial charge in [-0.3, -0.25) is 0 Å². The van der Waals surface area contributed by atoms with Gasteiger partial charge in [0.05, 0.1) is 6.08 Å². The Bertz CT molecular complexity index is 729. The minimum atomic E-state index is -0.956. The molecule has 0 saturated heterocycles. The lowest BCUT2D eigenvalue weighted by molar-refractivity contribution is -0.193. The first-order chi connectivity index (χ1) is 9.94. The Morgan fingerprint density at radius 1 is 1.24 bits per heavy atom. The molecule has 0 N–H and O–H groups in total. The molecule has 1 aromatic carbocycles. The number of carbonyl (C=O) groups is 1. The smallest absolute Gasteiger partial charge is 0.337 e. The number of rotatable bonds is 2. The van der Waals surface area contributed by atoms with Crippen LogP contribution >= 0.6 is 0 Å². The number of hydrogen-bond donors (Lipinski definition) is 0. The molecule has 1 aromatic heterocycles. The van der Waals surface area contributed by atoms with Crippen molar-refractivity contribution in [2.75, 3.05) is 0 Å². The van der Waals surface area contributed by atoms with Gasteiger partial charge in [0.2, 0.25) is 5.79 Å². The standard InChI is InChI=1S/C16H16N2O3/c1-11-17-7-8-18(11)13-6-4-5-12(9-13)14-10-15(19)21-16(2,3)20-14/h4-10H,1-3H3. The first kappa shape index (κ1) is 13.4. The molecule has 2 heterocycles. The van der Waals surface area contributed by atoms with Crippen LogP contribution < -0.4 is 0 Å². The third kappa shape index (κ3) is 2.67. The number of nitrogens with zero attached hydrogens (tertiary/aromatic N) is 2. The maximum atomic E-state index is 11.6. The molecule has 21 heavy (non-hydrogen) atoms. The van der Waals surface area contributed by atoms with Gasteiger partial charge in [0, 0.05) is 37.5 Å². The first-order valence-corrected chi connectivity index (χ1v) is 6.69. The highest BCUT2D eigenvalue weighted by Crippen LogP contribution is 2.29. The lowest BCUT2D eigenvalue weighted by Crippen LogP contribution is -2.33. The van der Waals surface area contributed by atoms with Crippen molar-refractivity contribution < 1.29 is 14.3 Å². The molecule has 5 nitrogen and oxygen atoms in total. The van der Waals surface area contributed by atoms with Gasteiger partial charge in [0.1, 0.15) is 11.6 Å². The molecule has 3 rings (SSSR count). The van der Waals surface area contributed by atoms with Gasteiger partial charge in [-0.25, -0.2) is 9.78 Å². The summed E-state index contributed by atoms with van der Waals surface area (Å²) in [6.07, 6.45) is 5.01. The van der Waals surface area contributed by atoms with E-state index in [1.54, 1.807) is 20.0 Å². The van der Waals surface area contributed by atoms with Gasteiger partial charge in [-0.15, -0.1) is 0 Å². The summed E-state index contributed by atoms with van der Waals surface area (Å²) >= 11 is 0. The number of benzene rings is 1. The number of ether oxygens (including phenoxy) is 2. The van der Waals surface area contributed by atoms with E-state index in [4.69, 9.17) is 9.47 Å². The third-order valence-corrected chi connectivity index (χ3v) is 3.19. The molecule has 0 fully saturated rings. The summed E-state index contributed by atoms with van der Waals surface area (Å²) < 4.78 is 12.8. The molecular weight excluding hydrogens is 268 g/mol. The fraction of sp³-hybridized carbons (Fsp3) is 0.250. The van der Waals surface area contributed by atoms with E-state index in [1.807, 2.05) is 42.0 Å². The van der Waals surface area contributed by atoms with Gasteiger partial charge in [0.15, 0.2) is 0 Å². The number of hydrogen-bond acceptors (Lipinski definition) is 4. The van der Waals surface area contributed by atoms with E-state index in [9.17, 15) is 4.79 Å². The highest BCUT2D eigenvalue weighted by Gasteiger charge is 2.30. The lowest BCUT2D eigenvalue weighted by atomic mass is 10.1. The molecule has 1 aliphatic rings. The Kier molecular flexibility index (Phi) is 3.05. The van der Waals surface area contributed by atoms with Gasteiger partial charge >= 0.3 is 5.97 Å². The largest absolute Gasteiger partial charge is 0.452 e. The van der Waals surface area contributed by atoms with E-state index < -0.39 is 11.8 Å². The molecule has 0 atom stereocenters. The zero-order valence-electron chi connectivity index (χ0n) is 12.2. The van der Waals surface area contributed by atoms with E-state index in [0.717, 1.165) is 17.1 Å². The SMILES string of the molecule is Cc1nccn1-c1cccc(C2=CC(=O)OC(C)(C)O2)c1. The van der Waals surface area contributed by atoms with Crippen molar-refractivity contribution in [2.24, 2.45) is 0 Å². The molecule has 0 spiro atoms. The Morgan fingerprint density at radius 3 is 2.71 bits per heavy atom. The number of cyclic esters (lactones) is 1. The summed E-state index contributed by atoms with van der Waals surface area (Å²) in [5, 5.41) is 0. The quantitative estimate of drug-likeness (QED) is 0.796. The maximum absolute atomic E-state index is 11.6. The Balaban J connectivity index is 2.01. The van der Waals surface area contributed by atoms with Gasteiger partial charge in [0.25, 0.3) is 0 Å². The fourth-order valence-corrected chi connectivity index (χ4v) is 2.30. The lowest BCUT2D eigenvalue weighted by Gasteiger charge is -2.30. The van der Waals surface area contributed by atoms with Gasteiger partial charge in [-0.05, 0) is 19.1 Å². The highest BCUT2D eigenvalue weighted by molar-refractivity contribution is 5.91. The topological polar surface area (TPSA) is 53.4 Å². The second-order valence-corrected chi connectivity index (χ2v) is 5.33. The molecule has 0 aliphatic carbocycles. The zero-order valence-corrected chi connectivity index (χ0v) is 12.2. The van der Waals surface area contributed by atoms with Crippen LogP contribution in [0.4, 0.5) is 0 Å². The molecule has 5 heteroatoms. The molecule has 0 bridgehead atoms. The van der Waals surface area contributed by atoms with Crippen molar-refractivity contribution in [1.29, 1.82) is 0 Å². The summed E-state index contributed by atoms with van der Waals surface area (Å²) in [6.45, 7) is 5.35. The molecule has 0 radical (unpaired) electrons. The Morgan fingerprint density at radius 2 is 2.05 bits per heavy atom. The monoisotopic (exact) mass is 284 g/mol. The summed E-state index contributed by atoms with van der Waals surface area (Å²) in [6, 6.07) is 7.75. The second kappa shape index (κ2) is 4.77. The van der Waals surface area contributed by atoms with E-state index in [-0.39, 0.29) is 0 Å². The van der Waals surface area contributed by atoms with Crippen molar-refractivity contribution >= 4 is 11.7 Å². The van der Waals surface area contributed by atoms with Gasteiger partial charge in [-0.1, -0.05) is 12.1 Å². The van der Waals surface area contributed by atoms with Crippen LogP contribution in [0.3, 0.4) is 0 Å². The van der Waals surface area contributed by atoms with E-state index in [2.05, 4.69) is 4.98 Å². The molecule has 0 saturated carbocycles. The van der Waals surface area contributed by atoms with Crippen LogP contribution in [0.25, 0.3) is 11.4 Å². The van der Waals surface area contributed by atoms with E-state index >= 15 is 0 Å². The molecular formula is C16H16N2O3. The minimum Gasteiger partial charge on any atom is -0.452 e. The van der Waals surface area contributed by atoms with Gasteiger partial charge < -0.3 is 14.0 Å². The summed E-state index contributed by atoms with van der Waals surface area (Å²) in [4.78, 5) is 15.8. The number of imidazole rings is 1. The van der Waals surface area contributed by atoms with Crippen molar-refractivity contribution in [1.82, 2.24) is 9.55 Å². The van der Waals surface area contributed by atoms with Crippen LogP contribution in [0, 0.1) is 6.92 Å². The van der Waals surface area contributed by atoms with Crippen molar-refractivity contribution in [3.8, 4) is 5.69 Å². The molecule has 1 aliphatic heterocycles. The van der Waals surface area contributed by atoms with Crippen LogP contribution in [0.15, 0.2) is 42.7 Å². The zero-order chi connectivity index (χ0) is 15.0. The summed E-state index contributed by atoms with van der Waals surface area (Å²) in [5.74, 6) is 0.0500. The minimum absolute atomic E-state index is 0.398. The fourth-order valence-electron chi connectivity index (χ4n) is 2.30. The normalized spacial score (nSPS) is 16.9. The highest BCUT2D eigenvalue weighted by atomic mass is 16.7. The number of aryl methyl sites for hydroxylation is 1. The van der Waals surface area contributed by atoms with Crippen LogP contribution in [0.2, 0.25) is 0 Å². The van der Waals surface area contributed by atoms with Crippen molar-refractivity contribution in [2.45, 2.75) is 26.6 Å². The Hall–Kier alpha value is -2.56. The number of aromatic nitrogens is 2. The predicted octanol–water partition coefficient (Wildman–Crippen LogP) is 2.83. The maximum Gasteiger partial charge on any atom is 0.337 e. The van der Waals surface area contributed by atoms with E-state index in [1.165, 1.54) is 6.08 Å². The molecule has 0 unspecified atom stereocenters. The Labute approximate surface area is 122 Å². The third-order valence-electron chi connectivity index (χ3n) is 3.19. The molecule has 108 valence electrons. The van der Waals surface area contributed by atoms with Crippen molar-refractivity contribution in [3.63, 3.8) is 0 Å². The van der Waals surface area contributed by atoms with E-state index in [0.29, 0.717) is 5.76 Å². The van der Waals surface area contributed by atoms with Crippen LogP contribution in [-0.2, 0) is 14.3 Å². The van der Waals surface area contributed by atoms with Gasteiger partial charge in [-0.2, -0.15) is 0 Å². The summed E-state index contributed by atoms with van der Waals surface area (Å²) in [7, 11) is 0. The van der Waals surface area contributed by atoms with Crippen LogP contribution in [0.1, 0.15) is 25.2 Å². The summed E-state index contributed by atoms with van der Waals surface area (Å²) in [5.41, 5.74) is 1.79. The average molecular weight is 284 g/mol.